The highest BCUT2D eigenvalue weighted by atomic mass is 14.8. The molecule has 0 unspecified atom stereocenters. The fourth-order valence-electron chi connectivity index (χ4n) is 2.27. The first-order valence-electron chi connectivity index (χ1n) is 5.79. The third-order valence-electron chi connectivity index (χ3n) is 3.11. The van der Waals surface area contributed by atoms with Gasteiger partial charge in [0.1, 0.15) is 0 Å². The van der Waals surface area contributed by atoms with E-state index in [9.17, 15) is 0 Å². The second kappa shape index (κ2) is 3.80. The molecule has 0 spiro atoms. The van der Waals surface area contributed by atoms with Crippen molar-refractivity contribution in [3.8, 4) is 0 Å². The lowest BCUT2D eigenvalue weighted by atomic mass is 9.90. The molecule has 0 radical (unpaired) electrons. The molecule has 80 valence electrons. The van der Waals surface area contributed by atoms with Gasteiger partial charge < -0.3 is 0 Å². The molecule has 1 heterocycles. The second-order valence-corrected chi connectivity index (χ2v) is 4.90. The van der Waals surface area contributed by atoms with Crippen molar-refractivity contribution < 1.29 is 0 Å². The molecule has 0 atom stereocenters. The van der Waals surface area contributed by atoms with Crippen molar-refractivity contribution in [2.45, 2.75) is 46.0 Å². The van der Waals surface area contributed by atoms with Crippen LogP contribution in [0.1, 0.15) is 56.2 Å². The summed E-state index contributed by atoms with van der Waals surface area (Å²) in [5.74, 6) is 1.16. The van der Waals surface area contributed by atoms with Crippen LogP contribution in [-0.4, -0.2) is 6.21 Å². The Bertz CT molecular complexity index is 400. The molecule has 1 heteroatoms. The number of hydrogen-bond acceptors (Lipinski definition) is 1. The average Bonchev–Trinajstić information content (AvgIpc) is 2.63. The van der Waals surface area contributed by atoms with Gasteiger partial charge in [0.05, 0.1) is 5.69 Å². The van der Waals surface area contributed by atoms with Crippen molar-refractivity contribution in [3.05, 3.63) is 28.8 Å². The van der Waals surface area contributed by atoms with E-state index in [4.69, 9.17) is 0 Å². The molecule has 0 aromatic heterocycles. The van der Waals surface area contributed by atoms with Crippen LogP contribution in [0.5, 0.6) is 0 Å². The molecule has 15 heavy (non-hydrogen) atoms. The van der Waals surface area contributed by atoms with E-state index in [0.29, 0.717) is 11.8 Å². The topological polar surface area (TPSA) is 12.4 Å². The number of rotatable bonds is 2. The zero-order valence-electron chi connectivity index (χ0n) is 10.0. The van der Waals surface area contributed by atoms with Crippen LogP contribution in [0.4, 0.5) is 5.69 Å². The van der Waals surface area contributed by atoms with E-state index in [1.807, 2.05) is 6.21 Å². The number of hydrogen-bond donors (Lipinski definition) is 0. The van der Waals surface area contributed by atoms with Crippen LogP contribution >= 0.6 is 0 Å². The summed E-state index contributed by atoms with van der Waals surface area (Å²) < 4.78 is 0. The molecule has 0 amide bonds. The van der Waals surface area contributed by atoms with E-state index in [1.54, 1.807) is 0 Å². The van der Waals surface area contributed by atoms with Crippen molar-refractivity contribution in [2.24, 2.45) is 4.99 Å². The first-order chi connectivity index (χ1) is 7.11. The zero-order chi connectivity index (χ0) is 11.0. The molecular formula is C14H19N. The van der Waals surface area contributed by atoms with E-state index >= 15 is 0 Å². The first-order valence-corrected chi connectivity index (χ1v) is 5.79. The maximum Gasteiger partial charge on any atom is 0.0698 e. The quantitative estimate of drug-likeness (QED) is 0.680. The van der Waals surface area contributed by atoms with Crippen LogP contribution in [0.25, 0.3) is 0 Å². The lowest BCUT2D eigenvalue weighted by molar-refractivity contribution is 0.836. The van der Waals surface area contributed by atoms with E-state index in [1.165, 1.54) is 22.4 Å². The fraction of sp³-hybridized carbons (Fsp3) is 0.500. The monoisotopic (exact) mass is 201 g/mol. The van der Waals surface area contributed by atoms with Gasteiger partial charge in [-0.15, -0.1) is 0 Å². The SMILES string of the molecule is CC(C)c1ccc(C(C)C)c2c1CC=N2. The second-order valence-electron chi connectivity index (χ2n) is 4.90. The summed E-state index contributed by atoms with van der Waals surface area (Å²) in [6.45, 7) is 8.98. The smallest absolute Gasteiger partial charge is 0.0698 e. The van der Waals surface area contributed by atoms with Gasteiger partial charge in [0.2, 0.25) is 0 Å². The molecule has 2 rings (SSSR count). The molecule has 1 aromatic carbocycles. The average molecular weight is 201 g/mol. The predicted octanol–water partition coefficient (Wildman–Crippen LogP) is 4.19. The summed E-state index contributed by atoms with van der Waals surface area (Å²) in [5.41, 5.74) is 5.56. The minimum Gasteiger partial charge on any atom is -0.260 e. The Labute approximate surface area is 92.2 Å². The van der Waals surface area contributed by atoms with Gasteiger partial charge in [-0.2, -0.15) is 0 Å². The Morgan fingerprint density at radius 3 is 2.20 bits per heavy atom. The Balaban J connectivity index is 2.57. The van der Waals surface area contributed by atoms with Gasteiger partial charge in [0.25, 0.3) is 0 Å². The van der Waals surface area contributed by atoms with Gasteiger partial charge in [-0.3, -0.25) is 4.99 Å². The zero-order valence-corrected chi connectivity index (χ0v) is 10.0. The minimum absolute atomic E-state index is 0.565. The van der Waals surface area contributed by atoms with E-state index in [-0.39, 0.29) is 0 Å². The summed E-state index contributed by atoms with van der Waals surface area (Å²) in [6.07, 6.45) is 3.06. The molecule has 0 fully saturated rings. The summed E-state index contributed by atoms with van der Waals surface area (Å²) in [6, 6.07) is 4.54. The van der Waals surface area contributed by atoms with Crippen molar-refractivity contribution in [1.29, 1.82) is 0 Å². The van der Waals surface area contributed by atoms with Gasteiger partial charge in [-0.1, -0.05) is 39.8 Å². The largest absolute Gasteiger partial charge is 0.260 e. The Kier molecular flexibility index (Phi) is 2.64. The van der Waals surface area contributed by atoms with Crippen molar-refractivity contribution >= 4 is 11.9 Å². The van der Waals surface area contributed by atoms with Crippen LogP contribution < -0.4 is 0 Å². The highest BCUT2D eigenvalue weighted by molar-refractivity contribution is 5.79. The van der Waals surface area contributed by atoms with Crippen LogP contribution in [0.2, 0.25) is 0 Å². The summed E-state index contributed by atoms with van der Waals surface area (Å²) >= 11 is 0. The Morgan fingerprint density at radius 2 is 1.60 bits per heavy atom. The third-order valence-corrected chi connectivity index (χ3v) is 3.11. The van der Waals surface area contributed by atoms with Gasteiger partial charge >= 0.3 is 0 Å². The molecule has 1 aromatic rings. The Hall–Kier alpha value is -1.11. The van der Waals surface area contributed by atoms with Crippen LogP contribution in [0, 0.1) is 0 Å². The highest BCUT2D eigenvalue weighted by Crippen LogP contribution is 2.37. The summed E-state index contributed by atoms with van der Waals surface area (Å²) in [5, 5.41) is 0. The van der Waals surface area contributed by atoms with Crippen LogP contribution in [-0.2, 0) is 6.42 Å². The lowest BCUT2D eigenvalue weighted by Gasteiger charge is -2.16. The standard InChI is InChI=1S/C14H19N/c1-9(2)11-5-6-12(10(3)4)14-13(11)7-8-15-14/h5-6,8-10H,7H2,1-4H3. The third kappa shape index (κ3) is 1.71. The molecule has 0 saturated heterocycles. The molecule has 1 aliphatic heterocycles. The lowest BCUT2D eigenvalue weighted by Crippen LogP contribution is -1.98. The van der Waals surface area contributed by atoms with Gasteiger partial charge in [0, 0.05) is 12.6 Å². The Morgan fingerprint density at radius 1 is 1.00 bits per heavy atom. The maximum absolute atomic E-state index is 4.54. The molecule has 0 saturated carbocycles. The van der Waals surface area contributed by atoms with E-state index in [0.717, 1.165) is 6.42 Å². The number of benzene rings is 1. The summed E-state index contributed by atoms with van der Waals surface area (Å²) in [4.78, 5) is 4.54. The fourth-order valence-corrected chi connectivity index (χ4v) is 2.27. The molecule has 1 nitrogen and oxygen atoms in total. The van der Waals surface area contributed by atoms with Crippen LogP contribution in [0.15, 0.2) is 17.1 Å². The van der Waals surface area contributed by atoms with Crippen molar-refractivity contribution in [2.75, 3.05) is 0 Å². The van der Waals surface area contributed by atoms with Gasteiger partial charge in [-0.05, 0) is 28.5 Å². The van der Waals surface area contributed by atoms with E-state index in [2.05, 4.69) is 44.8 Å². The number of nitrogens with zero attached hydrogens (tertiary/aromatic N) is 1. The molecular weight excluding hydrogens is 182 g/mol. The molecule has 0 aliphatic carbocycles. The number of aliphatic imine (C=N–C) groups is 1. The normalized spacial score (nSPS) is 14.0. The van der Waals surface area contributed by atoms with Gasteiger partial charge in [-0.25, -0.2) is 0 Å². The van der Waals surface area contributed by atoms with Crippen molar-refractivity contribution in [1.82, 2.24) is 0 Å². The first kappa shape index (κ1) is 10.4. The minimum atomic E-state index is 0.565. The van der Waals surface area contributed by atoms with Crippen molar-refractivity contribution in [3.63, 3.8) is 0 Å². The molecule has 1 aliphatic rings. The highest BCUT2D eigenvalue weighted by Gasteiger charge is 2.18. The summed E-state index contributed by atoms with van der Waals surface area (Å²) in [7, 11) is 0. The number of fused-ring (bicyclic) bond motifs is 1. The predicted molar refractivity (Wildman–Crippen MR) is 66.5 cm³/mol. The van der Waals surface area contributed by atoms with Gasteiger partial charge in [0.15, 0.2) is 0 Å². The molecule has 0 N–H and O–H groups in total. The van der Waals surface area contributed by atoms with Crippen LogP contribution in [0.3, 0.4) is 0 Å². The van der Waals surface area contributed by atoms with E-state index < -0.39 is 0 Å². The molecule has 0 bridgehead atoms. The maximum atomic E-state index is 4.54.